The molecule has 0 saturated carbocycles. The zero-order chi connectivity index (χ0) is 18.4. The summed E-state index contributed by atoms with van der Waals surface area (Å²) in [4.78, 5) is 0. The van der Waals surface area contributed by atoms with Gasteiger partial charge in [0, 0.05) is 5.56 Å². The Hall–Kier alpha value is -2.50. The fraction of sp³-hybridized carbons (Fsp3) is 0.263. The van der Waals surface area contributed by atoms with Crippen molar-refractivity contribution in [2.24, 2.45) is 0 Å². The van der Waals surface area contributed by atoms with Gasteiger partial charge in [0.15, 0.2) is 23.1 Å². The van der Waals surface area contributed by atoms with Crippen LogP contribution >= 0.6 is 0 Å². The molecule has 0 aliphatic heterocycles. The Morgan fingerprint density at radius 1 is 0.840 bits per heavy atom. The number of benzene rings is 2. The zero-order valence-electron chi connectivity index (χ0n) is 13.9. The third kappa shape index (κ3) is 4.32. The SMILES string of the molecule is C/C=C/Oc1ccc(OCc2ccc(CCC)c(F)c2F)c(F)c1F. The predicted octanol–water partition coefficient (Wildman–Crippen LogP) is 5.69. The molecule has 0 radical (unpaired) electrons. The Morgan fingerprint density at radius 2 is 1.44 bits per heavy atom. The summed E-state index contributed by atoms with van der Waals surface area (Å²) >= 11 is 0. The summed E-state index contributed by atoms with van der Waals surface area (Å²) in [7, 11) is 0. The molecule has 0 saturated heterocycles. The van der Waals surface area contributed by atoms with E-state index >= 15 is 0 Å². The molecule has 0 bridgehead atoms. The van der Waals surface area contributed by atoms with Crippen molar-refractivity contribution < 1.29 is 27.0 Å². The van der Waals surface area contributed by atoms with Gasteiger partial charge in [-0.15, -0.1) is 0 Å². The van der Waals surface area contributed by atoms with E-state index in [2.05, 4.69) is 0 Å². The molecule has 2 aromatic rings. The van der Waals surface area contributed by atoms with Gasteiger partial charge in [0.2, 0.25) is 11.6 Å². The van der Waals surface area contributed by atoms with E-state index in [1.165, 1.54) is 30.5 Å². The number of halogens is 4. The second kappa shape index (κ2) is 8.55. The first-order valence-corrected chi connectivity index (χ1v) is 7.83. The van der Waals surface area contributed by atoms with E-state index in [0.717, 1.165) is 6.07 Å². The summed E-state index contributed by atoms with van der Waals surface area (Å²) in [6.45, 7) is 3.08. The van der Waals surface area contributed by atoms with Crippen LogP contribution in [0.4, 0.5) is 17.6 Å². The molecule has 0 aliphatic carbocycles. The minimum absolute atomic E-state index is 0.0774. The van der Waals surface area contributed by atoms with Crippen LogP contribution in [0.3, 0.4) is 0 Å². The van der Waals surface area contributed by atoms with Crippen LogP contribution in [0.15, 0.2) is 36.6 Å². The van der Waals surface area contributed by atoms with Gasteiger partial charge in [-0.05, 0) is 31.0 Å². The molecule has 0 spiro atoms. The molecule has 6 heteroatoms. The van der Waals surface area contributed by atoms with Gasteiger partial charge in [-0.25, -0.2) is 8.78 Å². The maximum absolute atomic E-state index is 14.0. The van der Waals surface area contributed by atoms with Gasteiger partial charge < -0.3 is 9.47 Å². The minimum atomic E-state index is -1.26. The highest BCUT2D eigenvalue weighted by atomic mass is 19.2. The smallest absolute Gasteiger partial charge is 0.205 e. The molecular weight excluding hydrogens is 336 g/mol. The normalized spacial score (nSPS) is 11.1. The highest BCUT2D eigenvalue weighted by Gasteiger charge is 2.17. The molecule has 25 heavy (non-hydrogen) atoms. The first-order valence-electron chi connectivity index (χ1n) is 7.83. The molecule has 2 rings (SSSR count). The zero-order valence-corrected chi connectivity index (χ0v) is 13.9. The topological polar surface area (TPSA) is 18.5 Å². The quantitative estimate of drug-likeness (QED) is 0.470. The van der Waals surface area contributed by atoms with Gasteiger partial charge in [-0.1, -0.05) is 31.6 Å². The summed E-state index contributed by atoms with van der Waals surface area (Å²) in [6, 6.07) is 5.19. The maximum Gasteiger partial charge on any atom is 0.205 e. The highest BCUT2D eigenvalue weighted by Crippen LogP contribution is 2.29. The molecule has 0 fully saturated rings. The Labute approximate surface area is 143 Å². The van der Waals surface area contributed by atoms with Crippen LogP contribution in [0.2, 0.25) is 0 Å². The molecule has 0 unspecified atom stereocenters. The molecular formula is C19H18F4O2. The van der Waals surface area contributed by atoms with Gasteiger partial charge >= 0.3 is 0 Å². The van der Waals surface area contributed by atoms with Crippen molar-refractivity contribution in [3.63, 3.8) is 0 Å². The third-order valence-electron chi connectivity index (χ3n) is 3.49. The fourth-order valence-electron chi connectivity index (χ4n) is 2.22. The monoisotopic (exact) mass is 354 g/mol. The Morgan fingerprint density at radius 3 is 2.12 bits per heavy atom. The first kappa shape index (κ1) is 18.8. The van der Waals surface area contributed by atoms with Crippen molar-refractivity contribution in [3.8, 4) is 11.5 Å². The summed E-state index contributed by atoms with van der Waals surface area (Å²) in [5, 5.41) is 0. The Balaban J connectivity index is 2.16. The molecule has 0 aliphatic rings. The molecule has 0 amide bonds. The van der Waals surface area contributed by atoms with Crippen molar-refractivity contribution in [2.45, 2.75) is 33.3 Å². The molecule has 0 heterocycles. The Bertz CT molecular complexity index is 773. The van der Waals surface area contributed by atoms with Crippen LogP contribution in [-0.4, -0.2) is 0 Å². The molecule has 0 aromatic heterocycles. The summed E-state index contributed by atoms with van der Waals surface area (Å²) in [5.74, 6) is -5.18. The van der Waals surface area contributed by atoms with Crippen LogP contribution in [0.25, 0.3) is 0 Å². The number of rotatable bonds is 7. The minimum Gasteiger partial charge on any atom is -0.486 e. The van der Waals surface area contributed by atoms with E-state index < -0.39 is 35.6 Å². The van der Waals surface area contributed by atoms with E-state index in [9.17, 15) is 17.6 Å². The van der Waals surface area contributed by atoms with Gasteiger partial charge in [0.1, 0.15) is 6.61 Å². The Kier molecular flexibility index (Phi) is 6.44. The van der Waals surface area contributed by atoms with E-state index in [1.807, 2.05) is 6.92 Å². The standard InChI is InChI=1S/C19H18F4O2/c1-3-5-12-6-7-13(17(21)16(12)20)11-25-15-9-8-14(24-10-4-2)18(22)19(15)23/h4,6-10H,3,5,11H2,1-2H3/b10-4+. The van der Waals surface area contributed by atoms with E-state index in [-0.39, 0.29) is 16.9 Å². The molecule has 2 aromatic carbocycles. The van der Waals surface area contributed by atoms with Crippen LogP contribution in [-0.2, 0) is 13.0 Å². The lowest BCUT2D eigenvalue weighted by atomic mass is 10.1. The van der Waals surface area contributed by atoms with E-state index in [1.54, 1.807) is 6.92 Å². The maximum atomic E-state index is 14.0. The van der Waals surface area contributed by atoms with Gasteiger partial charge in [-0.3, -0.25) is 0 Å². The average molecular weight is 354 g/mol. The average Bonchev–Trinajstić information content (AvgIpc) is 2.61. The van der Waals surface area contributed by atoms with Crippen molar-refractivity contribution in [1.29, 1.82) is 0 Å². The van der Waals surface area contributed by atoms with Gasteiger partial charge in [-0.2, -0.15) is 8.78 Å². The van der Waals surface area contributed by atoms with Crippen molar-refractivity contribution in [1.82, 2.24) is 0 Å². The third-order valence-corrected chi connectivity index (χ3v) is 3.49. The van der Waals surface area contributed by atoms with Crippen LogP contribution in [0.5, 0.6) is 11.5 Å². The summed E-state index contributed by atoms with van der Waals surface area (Å²) in [5.41, 5.74) is 0.192. The van der Waals surface area contributed by atoms with Crippen LogP contribution in [0.1, 0.15) is 31.4 Å². The van der Waals surface area contributed by atoms with E-state index in [0.29, 0.717) is 12.8 Å². The fourth-order valence-corrected chi connectivity index (χ4v) is 2.22. The largest absolute Gasteiger partial charge is 0.486 e. The van der Waals surface area contributed by atoms with Gasteiger partial charge in [0.05, 0.1) is 6.26 Å². The number of hydrogen-bond acceptors (Lipinski definition) is 2. The van der Waals surface area contributed by atoms with Gasteiger partial charge in [0.25, 0.3) is 0 Å². The lowest BCUT2D eigenvalue weighted by Crippen LogP contribution is -2.05. The van der Waals surface area contributed by atoms with Crippen molar-refractivity contribution in [3.05, 3.63) is 71.0 Å². The second-order valence-corrected chi connectivity index (χ2v) is 5.33. The summed E-state index contributed by atoms with van der Waals surface area (Å²) < 4.78 is 65.7. The first-order chi connectivity index (χ1) is 12.0. The lowest BCUT2D eigenvalue weighted by Gasteiger charge is -2.11. The van der Waals surface area contributed by atoms with Crippen LogP contribution < -0.4 is 9.47 Å². The second-order valence-electron chi connectivity index (χ2n) is 5.33. The lowest BCUT2D eigenvalue weighted by molar-refractivity contribution is 0.275. The molecule has 2 nitrogen and oxygen atoms in total. The highest BCUT2D eigenvalue weighted by molar-refractivity contribution is 5.36. The number of allylic oxidation sites excluding steroid dienone is 1. The van der Waals surface area contributed by atoms with Crippen molar-refractivity contribution in [2.75, 3.05) is 0 Å². The van der Waals surface area contributed by atoms with Crippen LogP contribution in [0, 0.1) is 23.3 Å². The molecule has 134 valence electrons. The van der Waals surface area contributed by atoms with E-state index in [4.69, 9.17) is 9.47 Å². The molecule has 0 N–H and O–H groups in total. The van der Waals surface area contributed by atoms with Crippen molar-refractivity contribution >= 4 is 0 Å². The number of hydrogen-bond donors (Lipinski definition) is 0. The number of aryl methyl sites for hydroxylation is 1. The molecule has 0 atom stereocenters. The predicted molar refractivity (Wildman–Crippen MR) is 86.5 cm³/mol. The number of ether oxygens (including phenoxy) is 2. The summed E-state index contributed by atoms with van der Waals surface area (Å²) in [6.07, 6.45) is 3.81.